The fraction of sp³-hybridized carbons (Fsp3) is 0.619. The highest BCUT2D eigenvalue weighted by Crippen LogP contribution is 2.28. The van der Waals surface area contributed by atoms with E-state index in [0.29, 0.717) is 12.5 Å². The second-order valence-electron chi connectivity index (χ2n) is 7.71. The number of amides is 2. The Balaban J connectivity index is 1.82. The van der Waals surface area contributed by atoms with Crippen molar-refractivity contribution in [1.82, 2.24) is 10.6 Å². The van der Waals surface area contributed by atoms with Crippen molar-refractivity contribution in [2.45, 2.75) is 58.9 Å². The smallest absolute Gasteiger partial charge is 0.242 e. The highest BCUT2D eigenvalue weighted by molar-refractivity contribution is 5.88. The van der Waals surface area contributed by atoms with Crippen LogP contribution in [-0.4, -0.2) is 24.4 Å². The van der Waals surface area contributed by atoms with Gasteiger partial charge in [-0.15, -0.1) is 0 Å². The number of carbonyl (C=O) groups is 2. The van der Waals surface area contributed by atoms with Gasteiger partial charge in [0.05, 0.1) is 0 Å². The van der Waals surface area contributed by atoms with Crippen molar-refractivity contribution in [3.05, 3.63) is 35.9 Å². The maximum Gasteiger partial charge on any atom is 0.242 e. The third-order valence-corrected chi connectivity index (χ3v) is 5.19. The molecular formula is C21H32N2O2. The molecule has 0 radical (unpaired) electrons. The number of rotatable bonds is 7. The Morgan fingerprint density at radius 2 is 1.72 bits per heavy atom. The molecule has 138 valence electrons. The van der Waals surface area contributed by atoms with Crippen molar-refractivity contribution in [2.75, 3.05) is 6.54 Å². The molecule has 1 unspecified atom stereocenters. The number of hydrogen-bond acceptors (Lipinski definition) is 2. The molecule has 2 N–H and O–H groups in total. The second-order valence-corrected chi connectivity index (χ2v) is 7.71. The fourth-order valence-corrected chi connectivity index (χ4v) is 3.41. The molecule has 0 aliphatic heterocycles. The summed E-state index contributed by atoms with van der Waals surface area (Å²) >= 11 is 0. The number of carbonyl (C=O) groups excluding carboxylic acids is 2. The van der Waals surface area contributed by atoms with Gasteiger partial charge in [0.25, 0.3) is 0 Å². The van der Waals surface area contributed by atoms with Crippen molar-refractivity contribution in [2.24, 2.45) is 17.8 Å². The first-order valence-corrected chi connectivity index (χ1v) is 9.59. The molecule has 0 aromatic heterocycles. The van der Waals surface area contributed by atoms with E-state index in [4.69, 9.17) is 0 Å². The van der Waals surface area contributed by atoms with Crippen molar-refractivity contribution >= 4 is 11.8 Å². The van der Waals surface area contributed by atoms with Crippen LogP contribution in [0.4, 0.5) is 0 Å². The standard InChI is InChI=1S/C21H32N2O2/c1-15(2)19(23-20(24)18-11-9-16(3)10-12-18)21(25)22-14-13-17-7-5-4-6-8-17/h4-8,15-16,18-19H,9-14H2,1-3H3,(H,22,25)(H,23,24). The van der Waals surface area contributed by atoms with Gasteiger partial charge in [-0.2, -0.15) is 0 Å². The summed E-state index contributed by atoms with van der Waals surface area (Å²) in [5.41, 5.74) is 1.20. The first-order valence-electron chi connectivity index (χ1n) is 9.59. The lowest BCUT2D eigenvalue weighted by Gasteiger charge is -2.28. The van der Waals surface area contributed by atoms with Crippen LogP contribution >= 0.6 is 0 Å². The minimum absolute atomic E-state index is 0.0452. The normalized spacial score (nSPS) is 21.6. The van der Waals surface area contributed by atoms with E-state index >= 15 is 0 Å². The highest BCUT2D eigenvalue weighted by Gasteiger charge is 2.29. The SMILES string of the molecule is CC1CCC(C(=O)NC(C(=O)NCCc2ccccc2)C(C)C)CC1. The van der Waals surface area contributed by atoms with Crippen LogP contribution in [0.3, 0.4) is 0 Å². The molecule has 4 nitrogen and oxygen atoms in total. The third kappa shape index (κ3) is 6.18. The average molecular weight is 344 g/mol. The lowest BCUT2D eigenvalue weighted by Crippen LogP contribution is -2.51. The van der Waals surface area contributed by atoms with Crippen molar-refractivity contribution in [3.8, 4) is 0 Å². The zero-order valence-electron chi connectivity index (χ0n) is 15.8. The zero-order chi connectivity index (χ0) is 18.2. The van der Waals surface area contributed by atoms with Gasteiger partial charge in [-0.3, -0.25) is 9.59 Å². The molecule has 4 heteroatoms. The van der Waals surface area contributed by atoms with Crippen LogP contribution in [0, 0.1) is 17.8 Å². The van der Waals surface area contributed by atoms with Crippen LogP contribution in [0.5, 0.6) is 0 Å². The summed E-state index contributed by atoms with van der Waals surface area (Å²) in [4.78, 5) is 25.0. The predicted octanol–water partition coefficient (Wildman–Crippen LogP) is 3.31. The minimum atomic E-state index is -0.456. The molecule has 25 heavy (non-hydrogen) atoms. The average Bonchev–Trinajstić information content (AvgIpc) is 2.60. The Labute approximate surface area is 151 Å². The van der Waals surface area contributed by atoms with E-state index < -0.39 is 6.04 Å². The largest absolute Gasteiger partial charge is 0.354 e. The second kappa shape index (κ2) is 9.59. The van der Waals surface area contributed by atoms with E-state index in [9.17, 15) is 9.59 Å². The van der Waals surface area contributed by atoms with Gasteiger partial charge in [-0.25, -0.2) is 0 Å². The monoisotopic (exact) mass is 344 g/mol. The van der Waals surface area contributed by atoms with E-state index in [0.717, 1.165) is 32.1 Å². The topological polar surface area (TPSA) is 58.2 Å². The van der Waals surface area contributed by atoms with Crippen LogP contribution in [0.2, 0.25) is 0 Å². The molecule has 1 atom stereocenters. The van der Waals surface area contributed by atoms with Crippen molar-refractivity contribution in [3.63, 3.8) is 0 Å². The van der Waals surface area contributed by atoms with Gasteiger partial charge in [0.15, 0.2) is 0 Å². The molecule has 1 saturated carbocycles. The third-order valence-electron chi connectivity index (χ3n) is 5.19. The van der Waals surface area contributed by atoms with Crippen LogP contribution in [-0.2, 0) is 16.0 Å². The molecule has 0 saturated heterocycles. The first kappa shape index (κ1) is 19.5. The molecule has 2 amide bonds. The number of nitrogens with one attached hydrogen (secondary N) is 2. The van der Waals surface area contributed by atoms with Gasteiger partial charge in [0.1, 0.15) is 6.04 Å². The van der Waals surface area contributed by atoms with Gasteiger partial charge in [0.2, 0.25) is 11.8 Å². The van der Waals surface area contributed by atoms with Crippen LogP contribution in [0.25, 0.3) is 0 Å². The van der Waals surface area contributed by atoms with Crippen LogP contribution < -0.4 is 10.6 Å². The van der Waals surface area contributed by atoms with E-state index in [1.54, 1.807) is 0 Å². The highest BCUT2D eigenvalue weighted by atomic mass is 16.2. The van der Waals surface area contributed by atoms with Crippen LogP contribution in [0.1, 0.15) is 52.0 Å². The summed E-state index contributed by atoms with van der Waals surface area (Å²) in [6, 6.07) is 9.63. The lowest BCUT2D eigenvalue weighted by molar-refractivity contribution is -0.132. The van der Waals surface area contributed by atoms with E-state index in [1.165, 1.54) is 5.56 Å². The maximum absolute atomic E-state index is 12.5. The number of benzene rings is 1. The van der Waals surface area contributed by atoms with E-state index in [-0.39, 0.29) is 23.7 Å². The maximum atomic E-state index is 12.5. The molecule has 2 rings (SSSR count). The quantitative estimate of drug-likeness (QED) is 0.797. The lowest BCUT2D eigenvalue weighted by atomic mass is 9.82. The summed E-state index contributed by atoms with van der Waals surface area (Å²) in [7, 11) is 0. The molecule has 1 fully saturated rings. The van der Waals surface area contributed by atoms with Crippen molar-refractivity contribution < 1.29 is 9.59 Å². The van der Waals surface area contributed by atoms with Crippen LogP contribution in [0.15, 0.2) is 30.3 Å². The fourth-order valence-electron chi connectivity index (χ4n) is 3.41. The summed E-state index contributed by atoms with van der Waals surface area (Å²) in [5, 5.41) is 5.97. The molecule has 0 bridgehead atoms. The van der Waals surface area contributed by atoms with Gasteiger partial charge < -0.3 is 10.6 Å². The summed E-state index contributed by atoms with van der Waals surface area (Å²) in [6.45, 7) is 6.78. The van der Waals surface area contributed by atoms with Crippen molar-refractivity contribution in [1.29, 1.82) is 0 Å². The Morgan fingerprint density at radius 1 is 1.08 bits per heavy atom. The predicted molar refractivity (Wildman–Crippen MR) is 101 cm³/mol. The minimum Gasteiger partial charge on any atom is -0.354 e. The molecule has 1 aliphatic rings. The van der Waals surface area contributed by atoms with Gasteiger partial charge in [0, 0.05) is 12.5 Å². The zero-order valence-corrected chi connectivity index (χ0v) is 15.8. The summed E-state index contributed by atoms with van der Waals surface area (Å²) in [5.74, 6) is 0.816. The molecule has 0 heterocycles. The van der Waals surface area contributed by atoms with Gasteiger partial charge in [-0.1, -0.05) is 51.1 Å². The summed E-state index contributed by atoms with van der Waals surface area (Å²) in [6.07, 6.45) is 4.88. The Hall–Kier alpha value is -1.84. The van der Waals surface area contributed by atoms with Gasteiger partial charge >= 0.3 is 0 Å². The molecule has 0 spiro atoms. The number of hydrogen-bond donors (Lipinski definition) is 2. The summed E-state index contributed by atoms with van der Waals surface area (Å²) < 4.78 is 0. The van der Waals surface area contributed by atoms with E-state index in [2.05, 4.69) is 29.7 Å². The molecular weight excluding hydrogens is 312 g/mol. The molecule has 1 aromatic rings. The Morgan fingerprint density at radius 3 is 2.32 bits per heavy atom. The van der Waals surface area contributed by atoms with E-state index in [1.807, 2.05) is 32.0 Å². The Bertz CT molecular complexity index is 548. The molecule has 1 aliphatic carbocycles. The van der Waals surface area contributed by atoms with Gasteiger partial charge in [-0.05, 0) is 49.5 Å². The molecule has 1 aromatic carbocycles. The first-order chi connectivity index (χ1) is 12.0. The Kier molecular flexibility index (Phi) is 7.48.